The van der Waals surface area contributed by atoms with Crippen molar-refractivity contribution < 1.29 is 9.66 Å². The largest absolute Gasteiger partial charge is 0.496 e. The van der Waals surface area contributed by atoms with E-state index in [-0.39, 0.29) is 5.69 Å². The van der Waals surface area contributed by atoms with E-state index < -0.39 is 4.92 Å². The fourth-order valence-corrected chi connectivity index (χ4v) is 1.93. The van der Waals surface area contributed by atoms with Crippen molar-refractivity contribution in [1.82, 2.24) is 0 Å². The number of benzene rings is 2. The quantitative estimate of drug-likeness (QED) is 0.647. The average molecular weight is 272 g/mol. The van der Waals surface area contributed by atoms with Gasteiger partial charge in [-0.25, -0.2) is 0 Å². The van der Waals surface area contributed by atoms with Crippen molar-refractivity contribution in [1.29, 1.82) is 0 Å². The molecule has 0 aromatic heterocycles. The number of nitro benzene ring substituents is 1. The number of ether oxygens (including phenoxy) is 1. The van der Waals surface area contributed by atoms with E-state index in [1.165, 1.54) is 18.7 Å². The van der Waals surface area contributed by atoms with Crippen LogP contribution >= 0.6 is 0 Å². The van der Waals surface area contributed by atoms with E-state index in [4.69, 9.17) is 4.74 Å². The maximum Gasteiger partial charge on any atom is 0.296 e. The number of nitrogens with zero attached hydrogens (tertiary/aromatic N) is 1. The molecule has 0 unspecified atom stereocenters. The highest BCUT2D eigenvalue weighted by molar-refractivity contribution is 5.63. The second-order valence-corrected chi connectivity index (χ2v) is 4.30. The first-order valence-corrected chi connectivity index (χ1v) is 6.31. The minimum Gasteiger partial charge on any atom is -0.496 e. The zero-order valence-corrected chi connectivity index (χ0v) is 11.2. The molecule has 0 amide bonds. The zero-order chi connectivity index (χ0) is 14.4. The Hall–Kier alpha value is -2.56. The Morgan fingerprint density at radius 3 is 2.60 bits per heavy atom. The van der Waals surface area contributed by atoms with Crippen molar-refractivity contribution in [3.8, 4) is 5.75 Å². The third kappa shape index (κ3) is 3.47. The molecule has 0 radical (unpaired) electrons. The Morgan fingerprint density at radius 2 is 1.95 bits per heavy atom. The topological polar surface area (TPSA) is 64.4 Å². The van der Waals surface area contributed by atoms with Gasteiger partial charge in [-0.3, -0.25) is 10.1 Å². The molecule has 0 spiro atoms. The van der Waals surface area contributed by atoms with Crippen molar-refractivity contribution in [2.75, 3.05) is 19.0 Å². The van der Waals surface area contributed by atoms with Crippen LogP contribution < -0.4 is 10.1 Å². The van der Waals surface area contributed by atoms with Crippen LogP contribution in [0.3, 0.4) is 0 Å². The van der Waals surface area contributed by atoms with Crippen molar-refractivity contribution >= 4 is 11.4 Å². The van der Waals surface area contributed by atoms with Gasteiger partial charge in [0.15, 0.2) is 0 Å². The van der Waals surface area contributed by atoms with Crippen molar-refractivity contribution in [2.45, 2.75) is 6.42 Å². The molecule has 104 valence electrons. The van der Waals surface area contributed by atoms with Crippen molar-refractivity contribution in [3.05, 3.63) is 64.2 Å². The highest BCUT2D eigenvalue weighted by Crippen LogP contribution is 2.28. The number of nitro groups is 1. The second kappa shape index (κ2) is 6.56. The summed E-state index contributed by atoms with van der Waals surface area (Å²) in [6.07, 6.45) is 0.810. The van der Waals surface area contributed by atoms with Gasteiger partial charge in [-0.15, -0.1) is 0 Å². The fourth-order valence-electron chi connectivity index (χ4n) is 1.93. The summed E-state index contributed by atoms with van der Waals surface area (Å²) in [4.78, 5) is 10.6. The molecule has 0 atom stereocenters. The van der Waals surface area contributed by atoms with Gasteiger partial charge in [-0.05, 0) is 24.1 Å². The van der Waals surface area contributed by atoms with Crippen LogP contribution in [0.1, 0.15) is 5.56 Å². The van der Waals surface area contributed by atoms with Gasteiger partial charge in [-0.1, -0.05) is 30.3 Å². The minimum atomic E-state index is -0.409. The Labute approximate surface area is 117 Å². The van der Waals surface area contributed by atoms with Crippen LogP contribution in [0.15, 0.2) is 48.5 Å². The van der Waals surface area contributed by atoms with Gasteiger partial charge in [0.1, 0.15) is 11.4 Å². The van der Waals surface area contributed by atoms with Crippen LogP contribution in [0.5, 0.6) is 5.75 Å². The van der Waals surface area contributed by atoms with Gasteiger partial charge in [-0.2, -0.15) is 0 Å². The normalized spacial score (nSPS) is 10.1. The van der Waals surface area contributed by atoms with E-state index >= 15 is 0 Å². The molecular formula is C15H16N2O3. The lowest BCUT2D eigenvalue weighted by Gasteiger charge is -2.08. The summed E-state index contributed by atoms with van der Waals surface area (Å²) in [5.74, 6) is 0.477. The Kier molecular flexibility index (Phi) is 4.55. The van der Waals surface area contributed by atoms with E-state index in [9.17, 15) is 10.1 Å². The SMILES string of the molecule is COc1ccc(NCCc2ccccc2)c([N+](=O)[O-])c1. The van der Waals surface area contributed by atoms with Crippen molar-refractivity contribution in [3.63, 3.8) is 0 Å². The molecule has 2 aromatic carbocycles. The molecule has 2 aromatic rings. The first kappa shape index (κ1) is 13.9. The van der Waals surface area contributed by atoms with Crippen LogP contribution in [0.2, 0.25) is 0 Å². The van der Waals surface area contributed by atoms with Gasteiger partial charge >= 0.3 is 0 Å². The van der Waals surface area contributed by atoms with Crippen LogP contribution in [-0.4, -0.2) is 18.6 Å². The van der Waals surface area contributed by atoms with Crippen LogP contribution in [0.25, 0.3) is 0 Å². The number of hydrogen-bond donors (Lipinski definition) is 1. The number of hydrogen-bond acceptors (Lipinski definition) is 4. The molecule has 0 bridgehead atoms. The standard InChI is InChI=1S/C15H16N2O3/c1-20-13-7-8-14(15(11-13)17(18)19)16-10-9-12-5-3-2-4-6-12/h2-8,11,16H,9-10H2,1H3. The number of methoxy groups -OCH3 is 1. The van der Waals surface area contributed by atoms with E-state index in [0.717, 1.165) is 6.42 Å². The molecule has 5 heteroatoms. The van der Waals surface area contributed by atoms with E-state index in [1.54, 1.807) is 12.1 Å². The molecule has 0 saturated heterocycles. The Balaban J connectivity index is 2.04. The van der Waals surface area contributed by atoms with Crippen LogP contribution in [0.4, 0.5) is 11.4 Å². The van der Waals surface area contributed by atoms with Crippen molar-refractivity contribution in [2.24, 2.45) is 0 Å². The highest BCUT2D eigenvalue weighted by Gasteiger charge is 2.14. The number of anilines is 1. The smallest absolute Gasteiger partial charge is 0.296 e. The summed E-state index contributed by atoms with van der Waals surface area (Å²) < 4.78 is 5.00. The summed E-state index contributed by atoms with van der Waals surface area (Å²) in [5.41, 5.74) is 1.72. The fraction of sp³-hybridized carbons (Fsp3) is 0.200. The molecule has 0 fully saturated rings. The molecule has 0 aliphatic heterocycles. The Bertz CT molecular complexity index is 585. The lowest BCUT2D eigenvalue weighted by Crippen LogP contribution is -2.07. The van der Waals surface area contributed by atoms with Gasteiger partial charge < -0.3 is 10.1 Å². The molecule has 5 nitrogen and oxygen atoms in total. The maximum absolute atomic E-state index is 11.0. The molecule has 0 saturated carbocycles. The predicted molar refractivity (Wildman–Crippen MR) is 78.3 cm³/mol. The average Bonchev–Trinajstić information content (AvgIpc) is 2.48. The minimum absolute atomic E-state index is 0.0254. The predicted octanol–water partition coefficient (Wildman–Crippen LogP) is 3.26. The first-order valence-electron chi connectivity index (χ1n) is 6.31. The second-order valence-electron chi connectivity index (χ2n) is 4.30. The summed E-state index contributed by atoms with van der Waals surface area (Å²) >= 11 is 0. The summed E-state index contributed by atoms with van der Waals surface area (Å²) in [6.45, 7) is 0.636. The molecule has 1 N–H and O–H groups in total. The van der Waals surface area contributed by atoms with E-state index in [0.29, 0.717) is 18.0 Å². The summed E-state index contributed by atoms with van der Waals surface area (Å²) in [6, 6.07) is 14.8. The zero-order valence-electron chi connectivity index (χ0n) is 11.2. The summed E-state index contributed by atoms with van der Waals surface area (Å²) in [5, 5.41) is 14.1. The molecule has 0 aliphatic carbocycles. The molecular weight excluding hydrogens is 256 g/mol. The molecule has 20 heavy (non-hydrogen) atoms. The highest BCUT2D eigenvalue weighted by atomic mass is 16.6. The lowest BCUT2D eigenvalue weighted by atomic mass is 10.1. The van der Waals surface area contributed by atoms with E-state index in [2.05, 4.69) is 5.32 Å². The van der Waals surface area contributed by atoms with Gasteiger partial charge in [0, 0.05) is 6.54 Å². The summed E-state index contributed by atoms with van der Waals surface area (Å²) in [7, 11) is 1.49. The van der Waals surface area contributed by atoms with Crippen LogP contribution in [0, 0.1) is 10.1 Å². The Morgan fingerprint density at radius 1 is 1.20 bits per heavy atom. The van der Waals surface area contributed by atoms with Gasteiger partial charge in [0.2, 0.25) is 0 Å². The number of nitrogens with one attached hydrogen (secondary N) is 1. The van der Waals surface area contributed by atoms with Gasteiger partial charge in [0.25, 0.3) is 5.69 Å². The molecule has 2 rings (SSSR count). The molecule has 0 heterocycles. The maximum atomic E-state index is 11.0. The third-order valence-corrected chi connectivity index (χ3v) is 2.97. The van der Waals surface area contributed by atoms with Gasteiger partial charge in [0.05, 0.1) is 18.1 Å². The van der Waals surface area contributed by atoms with Crippen LogP contribution in [-0.2, 0) is 6.42 Å². The monoisotopic (exact) mass is 272 g/mol. The molecule has 0 aliphatic rings. The third-order valence-electron chi connectivity index (χ3n) is 2.97. The lowest BCUT2D eigenvalue weighted by molar-refractivity contribution is -0.384. The first-order chi connectivity index (χ1) is 9.70. The van der Waals surface area contributed by atoms with E-state index in [1.807, 2.05) is 30.3 Å². The number of rotatable bonds is 6.